The van der Waals surface area contributed by atoms with Crippen LogP contribution in [-0.2, 0) is 6.54 Å². The summed E-state index contributed by atoms with van der Waals surface area (Å²) in [5.74, 6) is 2.74. The molecule has 130 valence electrons. The van der Waals surface area contributed by atoms with Crippen molar-refractivity contribution in [3.63, 3.8) is 0 Å². The second kappa shape index (κ2) is 10.0. The molecule has 4 nitrogen and oxygen atoms in total. The molecule has 0 saturated heterocycles. The number of phenols is 1. The van der Waals surface area contributed by atoms with Crippen LogP contribution >= 0.6 is 24.0 Å². The van der Waals surface area contributed by atoms with Crippen molar-refractivity contribution in [2.45, 2.75) is 52.6 Å². The van der Waals surface area contributed by atoms with Gasteiger partial charge in [-0.2, -0.15) is 0 Å². The first-order valence-corrected chi connectivity index (χ1v) is 8.39. The summed E-state index contributed by atoms with van der Waals surface area (Å²) in [5, 5.41) is 16.2. The molecule has 0 spiro atoms. The van der Waals surface area contributed by atoms with Gasteiger partial charge in [-0.05, 0) is 55.7 Å². The standard InChI is InChI=1S/C18H29N3O.HI/c1-4-19-18(20-12-15-5-7-17(22)8-6-15)21-16-10-13(2)9-14(3)11-16;/h5-8,13-14,16,22H,4,9-12H2,1-3H3,(H2,19,20,21);1H. The van der Waals surface area contributed by atoms with Crippen molar-refractivity contribution >= 4 is 29.9 Å². The lowest BCUT2D eigenvalue weighted by Crippen LogP contribution is -2.46. The van der Waals surface area contributed by atoms with E-state index >= 15 is 0 Å². The van der Waals surface area contributed by atoms with Crippen LogP contribution in [-0.4, -0.2) is 23.7 Å². The van der Waals surface area contributed by atoms with Gasteiger partial charge in [0.25, 0.3) is 0 Å². The lowest BCUT2D eigenvalue weighted by molar-refractivity contribution is 0.255. The largest absolute Gasteiger partial charge is 0.508 e. The number of nitrogens with zero attached hydrogens (tertiary/aromatic N) is 1. The Morgan fingerprint density at radius 2 is 1.74 bits per heavy atom. The van der Waals surface area contributed by atoms with Gasteiger partial charge < -0.3 is 15.7 Å². The number of halogens is 1. The summed E-state index contributed by atoms with van der Waals surface area (Å²) in [6.45, 7) is 8.24. The minimum absolute atomic E-state index is 0. The van der Waals surface area contributed by atoms with Crippen LogP contribution in [0.15, 0.2) is 29.3 Å². The lowest BCUT2D eigenvalue weighted by atomic mass is 9.80. The fraction of sp³-hybridized carbons (Fsp3) is 0.611. The fourth-order valence-corrected chi connectivity index (χ4v) is 3.35. The van der Waals surface area contributed by atoms with Crippen LogP contribution in [0.2, 0.25) is 0 Å². The Morgan fingerprint density at radius 3 is 2.30 bits per heavy atom. The minimum atomic E-state index is 0. The predicted molar refractivity (Wildman–Crippen MR) is 107 cm³/mol. The Balaban J connectivity index is 0.00000264. The summed E-state index contributed by atoms with van der Waals surface area (Å²) in [5.41, 5.74) is 1.10. The average molecular weight is 431 g/mol. The van der Waals surface area contributed by atoms with Crippen LogP contribution in [0.4, 0.5) is 0 Å². The summed E-state index contributed by atoms with van der Waals surface area (Å²) < 4.78 is 0. The molecule has 0 heterocycles. The van der Waals surface area contributed by atoms with Gasteiger partial charge in [0.05, 0.1) is 6.54 Å². The van der Waals surface area contributed by atoms with Crippen LogP contribution in [0.25, 0.3) is 0 Å². The molecule has 0 aromatic heterocycles. The highest BCUT2D eigenvalue weighted by Crippen LogP contribution is 2.28. The van der Waals surface area contributed by atoms with E-state index in [2.05, 4.69) is 36.4 Å². The summed E-state index contributed by atoms with van der Waals surface area (Å²) in [6, 6.07) is 7.74. The van der Waals surface area contributed by atoms with E-state index in [1.165, 1.54) is 19.3 Å². The van der Waals surface area contributed by atoms with Crippen molar-refractivity contribution in [2.24, 2.45) is 16.8 Å². The van der Waals surface area contributed by atoms with E-state index < -0.39 is 0 Å². The minimum Gasteiger partial charge on any atom is -0.508 e. The number of rotatable bonds is 4. The fourth-order valence-electron chi connectivity index (χ4n) is 3.35. The van der Waals surface area contributed by atoms with Crippen LogP contribution < -0.4 is 10.6 Å². The van der Waals surface area contributed by atoms with Gasteiger partial charge in [-0.1, -0.05) is 26.0 Å². The quantitative estimate of drug-likeness (QED) is 0.385. The Kier molecular flexibility index (Phi) is 8.73. The molecule has 1 aliphatic rings. The Bertz CT molecular complexity index is 480. The van der Waals surface area contributed by atoms with Gasteiger partial charge in [0.15, 0.2) is 5.96 Å². The lowest BCUT2D eigenvalue weighted by Gasteiger charge is -2.32. The van der Waals surface area contributed by atoms with Gasteiger partial charge in [-0.15, -0.1) is 24.0 Å². The molecule has 1 saturated carbocycles. The molecule has 0 radical (unpaired) electrons. The molecule has 0 amide bonds. The predicted octanol–water partition coefficient (Wildman–Crippen LogP) is 3.89. The second-order valence-corrected chi connectivity index (χ2v) is 6.62. The molecule has 23 heavy (non-hydrogen) atoms. The first-order chi connectivity index (χ1) is 10.6. The molecule has 5 heteroatoms. The number of benzene rings is 1. The van der Waals surface area contributed by atoms with Crippen LogP contribution in [0.3, 0.4) is 0 Å². The van der Waals surface area contributed by atoms with E-state index in [1.54, 1.807) is 12.1 Å². The number of hydrogen-bond donors (Lipinski definition) is 3. The first kappa shape index (κ1) is 20.1. The molecule has 2 rings (SSSR count). The molecule has 1 aliphatic carbocycles. The highest BCUT2D eigenvalue weighted by atomic mass is 127. The zero-order valence-electron chi connectivity index (χ0n) is 14.4. The molecule has 0 bridgehead atoms. The van der Waals surface area contributed by atoms with E-state index in [1.807, 2.05) is 12.1 Å². The number of phenolic OH excluding ortho intramolecular Hbond substituents is 1. The van der Waals surface area contributed by atoms with Crippen molar-refractivity contribution in [3.8, 4) is 5.75 Å². The Morgan fingerprint density at radius 1 is 1.13 bits per heavy atom. The number of aliphatic imine (C=N–C) groups is 1. The molecule has 1 fully saturated rings. The SMILES string of the molecule is CCNC(=NCc1ccc(O)cc1)NC1CC(C)CC(C)C1.I. The molecule has 2 atom stereocenters. The van der Waals surface area contributed by atoms with E-state index in [0.29, 0.717) is 18.3 Å². The highest BCUT2D eigenvalue weighted by molar-refractivity contribution is 14.0. The third-order valence-corrected chi connectivity index (χ3v) is 4.22. The topological polar surface area (TPSA) is 56.7 Å². The zero-order chi connectivity index (χ0) is 15.9. The van der Waals surface area contributed by atoms with Crippen molar-refractivity contribution in [3.05, 3.63) is 29.8 Å². The highest BCUT2D eigenvalue weighted by Gasteiger charge is 2.24. The zero-order valence-corrected chi connectivity index (χ0v) is 16.7. The number of hydrogen-bond acceptors (Lipinski definition) is 2. The Labute approximate surface area is 157 Å². The van der Waals surface area contributed by atoms with E-state index in [4.69, 9.17) is 0 Å². The van der Waals surface area contributed by atoms with Crippen LogP contribution in [0.5, 0.6) is 5.75 Å². The van der Waals surface area contributed by atoms with Gasteiger partial charge in [-0.25, -0.2) is 4.99 Å². The summed E-state index contributed by atoms with van der Waals surface area (Å²) in [4.78, 5) is 4.67. The van der Waals surface area contributed by atoms with E-state index in [0.717, 1.165) is 29.9 Å². The summed E-state index contributed by atoms with van der Waals surface area (Å²) in [7, 11) is 0. The van der Waals surface area contributed by atoms with Crippen molar-refractivity contribution in [1.82, 2.24) is 10.6 Å². The molecule has 3 N–H and O–H groups in total. The maximum atomic E-state index is 9.32. The van der Waals surface area contributed by atoms with Crippen molar-refractivity contribution < 1.29 is 5.11 Å². The third kappa shape index (κ3) is 6.97. The second-order valence-electron chi connectivity index (χ2n) is 6.62. The first-order valence-electron chi connectivity index (χ1n) is 8.39. The van der Waals surface area contributed by atoms with Crippen molar-refractivity contribution in [2.75, 3.05) is 6.54 Å². The maximum Gasteiger partial charge on any atom is 0.191 e. The molecule has 0 aliphatic heterocycles. The number of guanidine groups is 1. The maximum absolute atomic E-state index is 9.32. The van der Waals surface area contributed by atoms with Gasteiger partial charge in [0, 0.05) is 12.6 Å². The molecular formula is C18H30IN3O. The van der Waals surface area contributed by atoms with Crippen molar-refractivity contribution in [1.29, 1.82) is 0 Å². The van der Waals surface area contributed by atoms with Gasteiger partial charge in [0.2, 0.25) is 0 Å². The van der Waals surface area contributed by atoms with Gasteiger partial charge in [-0.3, -0.25) is 0 Å². The monoisotopic (exact) mass is 431 g/mol. The van der Waals surface area contributed by atoms with Gasteiger partial charge in [0.1, 0.15) is 5.75 Å². The number of aromatic hydroxyl groups is 1. The normalized spacial score (nSPS) is 24.7. The van der Waals surface area contributed by atoms with E-state index in [9.17, 15) is 5.11 Å². The van der Waals surface area contributed by atoms with Crippen LogP contribution in [0, 0.1) is 11.8 Å². The van der Waals surface area contributed by atoms with E-state index in [-0.39, 0.29) is 24.0 Å². The molecule has 1 aromatic carbocycles. The summed E-state index contributed by atoms with van der Waals surface area (Å²) >= 11 is 0. The molecule has 2 unspecified atom stereocenters. The number of nitrogens with one attached hydrogen (secondary N) is 2. The molecular weight excluding hydrogens is 401 g/mol. The summed E-state index contributed by atoms with van der Waals surface area (Å²) in [6.07, 6.45) is 3.77. The Hall–Kier alpha value is -0.980. The molecule has 1 aromatic rings. The van der Waals surface area contributed by atoms with Gasteiger partial charge >= 0.3 is 0 Å². The smallest absolute Gasteiger partial charge is 0.191 e. The third-order valence-electron chi connectivity index (χ3n) is 4.22. The van der Waals surface area contributed by atoms with Crippen LogP contribution in [0.1, 0.15) is 45.6 Å². The average Bonchev–Trinajstić information content (AvgIpc) is 2.45.